The van der Waals surface area contributed by atoms with E-state index in [9.17, 15) is 8.78 Å². The van der Waals surface area contributed by atoms with E-state index in [4.69, 9.17) is 0 Å². The Labute approximate surface area is 118 Å². The molecule has 0 saturated carbocycles. The van der Waals surface area contributed by atoms with E-state index >= 15 is 0 Å². The van der Waals surface area contributed by atoms with Crippen LogP contribution in [0.3, 0.4) is 0 Å². The third kappa shape index (κ3) is 3.48. The Balaban J connectivity index is 2.16. The predicted molar refractivity (Wildman–Crippen MR) is 77.6 cm³/mol. The Morgan fingerprint density at radius 2 is 2.21 bits per heavy atom. The van der Waals surface area contributed by atoms with Crippen LogP contribution < -0.4 is 5.32 Å². The van der Waals surface area contributed by atoms with E-state index in [1.165, 1.54) is 18.2 Å². The molecular formula is C15H21F2NS. The molecule has 19 heavy (non-hydrogen) atoms. The number of halogens is 2. The zero-order valence-electron chi connectivity index (χ0n) is 11.5. The van der Waals surface area contributed by atoms with Gasteiger partial charge in [-0.3, -0.25) is 0 Å². The average molecular weight is 285 g/mol. The minimum absolute atomic E-state index is 0.150. The first-order valence-electron chi connectivity index (χ1n) is 6.86. The molecule has 4 heteroatoms. The number of hydrogen-bond donors (Lipinski definition) is 1. The number of likely N-dealkylation sites (N-methyl/N-ethyl adjacent to an activating group) is 1. The van der Waals surface area contributed by atoms with Gasteiger partial charge >= 0.3 is 0 Å². The molecule has 2 atom stereocenters. The maximum Gasteiger partial charge on any atom is 0.129 e. The second-order valence-corrected chi connectivity index (χ2v) is 6.94. The van der Waals surface area contributed by atoms with Gasteiger partial charge in [-0.25, -0.2) is 8.78 Å². The van der Waals surface area contributed by atoms with Crippen LogP contribution in [0.4, 0.5) is 8.78 Å². The molecule has 0 spiro atoms. The van der Waals surface area contributed by atoms with Crippen molar-refractivity contribution in [3.8, 4) is 0 Å². The van der Waals surface area contributed by atoms with Crippen molar-refractivity contribution in [3.05, 3.63) is 35.4 Å². The van der Waals surface area contributed by atoms with E-state index in [-0.39, 0.29) is 10.8 Å². The lowest BCUT2D eigenvalue weighted by Crippen LogP contribution is -2.46. The highest BCUT2D eigenvalue weighted by molar-refractivity contribution is 8.00. The molecule has 1 fully saturated rings. The zero-order valence-corrected chi connectivity index (χ0v) is 12.3. The fraction of sp³-hybridized carbons (Fsp3) is 0.600. The molecule has 0 radical (unpaired) electrons. The standard InChI is InChI=1S/C15H21F2NS/c1-3-18-14(15(2)7-4-8-19-15)9-11-5-6-12(16)10-13(11)17/h5-6,10,14,18H,3-4,7-9H2,1-2H3. The fourth-order valence-electron chi connectivity index (χ4n) is 2.73. The van der Waals surface area contributed by atoms with E-state index in [1.54, 1.807) is 6.07 Å². The number of hydrogen-bond acceptors (Lipinski definition) is 2. The van der Waals surface area contributed by atoms with Gasteiger partial charge < -0.3 is 5.32 Å². The summed E-state index contributed by atoms with van der Waals surface area (Å²) in [6, 6.07) is 4.11. The van der Waals surface area contributed by atoms with Crippen molar-refractivity contribution in [1.29, 1.82) is 0 Å². The Morgan fingerprint density at radius 1 is 1.42 bits per heavy atom. The summed E-state index contributed by atoms with van der Waals surface area (Å²) >= 11 is 1.96. The van der Waals surface area contributed by atoms with Crippen LogP contribution in [-0.2, 0) is 6.42 Å². The van der Waals surface area contributed by atoms with Gasteiger partial charge in [-0.05, 0) is 50.1 Å². The minimum atomic E-state index is -0.511. The summed E-state index contributed by atoms with van der Waals surface area (Å²) in [5, 5.41) is 3.47. The highest BCUT2D eigenvalue weighted by Gasteiger charge is 2.37. The lowest BCUT2D eigenvalue weighted by Gasteiger charge is -2.34. The summed E-state index contributed by atoms with van der Waals surface area (Å²) < 4.78 is 26.9. The number of rotatable bonds is 5. The van der Waals surface area contributed by atoms with Crippen LogP contribution in [0, 0.1) is 11.6 Å². The molecule has 1 aliphatic heterocycles. The van der Waals surface area contributed by atoms with Crippen LogP contribution in [0.5, 0.6) is 0 Å². The van der Waals surface area contributed by atoms with Crippen molar-refractivity contribution in [1.82, 2.24) is 5.32 Å². The summed E-state index contributed by atoms with van der Waals surface area (Å²) in [5.74, 6) is 0.224. The molecule has 1 aromatic carbocycles. The zero-order chi connectivity index (χ0) is 13.9. The van der Waals surface area contributed by atoms with Crippen LogP contribution in [0.2, 0.25) is 0 Å². The van der Waals surface area contributed by atoms with Gasteiger partial charge in [0.2, 0.25) is 0 Å². The van der Waals surface area contributed by atoms with E-state index in [0.717, 1.165) is 19.0 Å². The first kappa shape index (κ1) is 14.8. The van der Waals surface area contributed by atoms with Gasteiger partial charge in [0, 0.05) is 16.9 Å². The van der Waals surface area contributed by atoms with Crippen LogP contribution in [0.25, 0.3) is 0 Å². The minimum Gasteiger partial charge on any atom is -0.313 e. The Hall–Kier alpha value is -0.610. The molecular weight excluding hydrogens is 264 g/mol. The van der Waals surface area contributed by atoms with Gasteiger partial charge in [0.15, 0.2) is 0 Å². The fourth-order valence-corrected chi connectivity index (χ4v) is 4.14. The van der Waals surface area contributed by atoms with Crippen molar-refractivity contribution in [2.24, 2.45) is 0 Å². The molecule has 1 aromatic rings. The van der Waals surface area contributed by atoms with Crippen LogP contribution in [0.15, 0.2) is 18.2 Å². The predicted octanol–water partition coefficient (Wildman–Crippen LogP) is 3.77. The summed E-state index contributed by atoms with van der Waals surface area (Å²) in [6.07, 6.45) is 2.98. The van der Waals surface area contributed by atoms with Crippen LogP contribution >= 0.6 is 11.8 Å². The smallest absolute Gasteiger partial charge is 0.129 e. The molecule has 1 saturated heterocycles. The van der Waals surface area contributed by atoms with Gasteiger partial charge in [0.05, 0.1) is 0 Å². The summed E-state index contributed by atoms with van der Waals surface area (Å²) in [6.45, 7) is 5.18. The van der Waals surface area contributed by atoms with Crippen molar-refractivity contribution in [2.45, 2.75) is 43.9 Å². The Bertz CT molecular complexity index is 430. The highest BCUT2D eigenvalue weighted by Crippen LogP contribution is 2.41. The highest BCUT2D eigenvalue weighted by atomic mass is 32.2. The molecule has 0 bridgehead atoms. The third-order valence-corrected chi connectivity index (χ3v) is 5.52. The number of benzene rings is 1. The van der Waals surface area contributed by atoms with Crippen LogP contribution in [0.1, 0.15) is 32.3 Å². The molecule has 0 aliphatic carbocycles. The van der Waals surface area contributed by atoms with Gasteiger partial charge in [0.25, 0.3) is 0 Å². The lowest BCUT2D eigenvalue weighted by molar-refractivity contribution is 0.401. The molecule has 0 amide bonds. The van der Waals surface area contributed by atoms with Gasteiger partial charge in [-0.2, -0.15) is 11.8 Å². The average Bonchev–Trinajstić information content (AvgIpc) is 2.80. The molecule has 1 heterocycles. The van der Waals surface area contributed by atoms with Gasteiger partial charge in [-0.15, -0.1) is 0 Å². The van der Waals surface area contributed by atoms with Crippen molar-refractivity contribution in [3.63, 3.8) is 0 Å². The van der Waals surface area contributed by atoms with E-state index in [2.05, 4.69) is 19.2 Å². The van der Waals surface area contributed by atoms with Gasteiger partial charge in [0.1, 0.15) is 11.6 Å². The second-order valence-electron chi connectivity index (χ2n) is 5.31. The Kier molecular flexibility index (Phi) is 4.85. The third-order valence-electron chi connectivity index (χ3n) is 3.88. The molecule has 0 aromatic heterocycles. The van der Waals surface area contributed by atoms with Gasteiger partial charge in [-0.1, -0.05) is 13.0 Å². The van der Waals surface area contributed by atoms with E-state index in [0.29, 0.717) is 12.0 Å². The lowest BCUT2D eigenvalue weighted by atomic mass is 9.90. The molecule has 2 rings (SSSR count). The first-order chi connectivity index (χ1) is 9.05. The van der Waals surface area contributed by atoms with E-state index in [1.807, 2.05) is 11.8 Å². The molecule has 1 nitrogen and oxygen atoms in total. The largest absolute Gasteiger partial charge is 0.313 e. The second kappa shape index (κ2) is 6.23. The normalized spacial score (nSPS) is 24.6. The maximum absolute atomic E-state index is 13.8. The molecule has 1 N–H and O–H groups in total. The van der Waals surface area contributed by atoms with Crippen molar-refractivity contribution < 1.29 is 8.78 Å². The summed E-state index contributed by atoms with van der Waals surface area (Å²) in [7, 11) is 0. The van der Waals surface area contributed by atoms with E-state index < -0.39 is 11.6 Å². The van der Waals surface area contributed by atoms with Crippen molar-refractivity contribution in [2.75, 3.05) is 12.3 Å². The SMILES string of the molecule is CCNC(Cc1ccc(F)cc1F)C1(C)CCCS1. The first-order valence-corrected chi connectivity index (χ1v) is 7.85. The molecule has 2 unspecified atom stereocenters. The molecule has 106 valence electrons. The summed E-state index contributed by atoms with van der Waals surface area (Å²) in [5.41, 5.74) is 0.598. The topological polar surface area (TPSA) is 12.0 Å². The number of nitrogens with one attached hydrogen (secondary N) is 1. The monoisotopic (exact) mass is 285 g/mol. The molecule has 1 aliphatic rings. The summed E-state index contributed by atoms with van der Waals surface area (Å²) in [4.78, 5) is 0. The number of thioether (sulfide) groups is 1. The quantitative estimate of drug-likeness (QED) is 0.884. The van der Waals surface area contributed by atoms with Crippen LogP contribution in [-0.4, -0.2) is 23.1 Å². The Morgan fingerprint density at radius 3 is 2.79 bits per heavy atom. The van der Waals surface area contributed by atoms with Crippen molar-refractivity contribution >= 4 is 11.8 Å². The maximum atomic E-state index is 13.8.